The second-order valence-electron chi connectivity index (χ2n) is 10.2. The van der Waals surface area contributed by atoms with Crippen molar-refractivity contribution in [1.82, 2.24) is 10.2 Å². The molecule has 3 aromatic rings. The minimum Gasteiger partial charge on any atom is -0.352 e. The number of hydrogen-bond donors (Lipinski definition) is 1. The Morgan fingerprint density at radius 1 is 0.950 bits per heavy atom. The zero-order valence-electron chi connectivity index (χ0n) is 23.7. The summed E-state index contributed by atoms with van der Waals surface area (Å²) < 4.78 is 29.1. The number of sulfonamides is 1. The third kappa shape index (κ3) is 7.86. The molecule has 1 atom stereocenters. The molecule has 214 valence electrons. The highest BCUT2D eigenvalue weighted by molar-refractivity contribution is 7.92. The van der Waals surface area contributed by atoms with Crippen LogP contribution in [-0.4, -0.2) is 50.3 Å². The van der Waals surface area contributed by atoms with Gasteiger partial charge >= 0.3 is 0 Å². The minimum absolute atomic E-state index is 0.0701. The van der Waals surface area contributed by atoms with E-state index in [-0.39, 0.29) is 23.4 Å². The van der Waals surface area contributed by atoms with Gasteiger partial charge in [0.2, 0.25) is 11.8 Å². The number of rotatable bonds is 12. The van der Waals surface area contributed by atoms with E-state index >= 15 is 0 Å². The number of amides is 2. The molecule has 0 fully saturated rings. The van der Waals surface area contributed by atoms with Crippen molar-refractivity contribution in [1.29, 1.82) is 0 Å². The average Bonchev–Trinajstić information content (AvgIpc) is 2.90. The van der Waals surface area contributed by atoms with Gasteiger partial charge in [0.1, 0.15) is 12.6 Å². The monoisotopic (exact) mass is 583 g/mol. The van der Waals surface area contributed by atoms with Gasteiger partial charge < -0.3 is 10.2 Å². The van der Waals surface area contributed by atoms with Crippen LogP contribution < -0.4 is 9.62 Å². The van der Waals surface area contributed by atoms with Crippen LogP contribution in [0, 0.1) is 13.8 Å². The lowest BCUT2D eigenvalue weighted by molar-refractivity contribution is -0.139. The van der Waals surface area contributed by atoms with Gasteiger partial charge in [-0.15, -0.1) is 0 Å². The first kappa shape index (κ1) is 31.2. The topological polar surface area (TPSA) is 86.8 Å². The Bertz CT molecular complexity index is 1410. The van der Waals surface area contributed by atoms with Gasteiger partial charge in [0.15, 0.2) is 0 Å². The van der Waals surface area contributed by atoms with Crippen molar-refractivity contribution < 1.29 is 18.0 Å². The molecule has 0 aliphatic heterocycles. The lowest BCUT2D eigenvalue weighted by Crippen LogP contribution is -2.54. The van der Waals surface area contributed by atoms with E-state index in [0.717, 1.165) is 15.4 Å². The SMILES string of the molecule is CC[C@@H](C(=O)NC(C)C)N(CCc1ccccc1)C(=O)CN(c1ccc(Cl)cc1C)S(=O)(=O)c1ccc(C)cc1. The standard InChI is InChI=1S/C31H38ClN3O4S/c1-6-28(31(37)33-22(2)3)34(19-18-25-10-8-7-9-11-25)30(36)21-35(29-17-14-26(32)20-24(29)5)40(38,39)27-15-12-23(4)13-16-27/h7-17,20,22,28H,6,18-19,21H2,1-5H3,(H,33,37)/t28-/m0/s1. The van der Waals surface area contributed by atoms with Gasteiger partial charge in [-0.3, -0.25) is 13.9 Å². The Hall–Kier alpha value is -3.36. The Balaban J connectivity index is 2.04. The van der Waals surface area contributed by atoms with E-state index in [2.05, 4.69) is 5.32 Å². The van der Waals surface area contributed by atoms with E-state index in [1.165, 1.54) is 17.0 Å². The van der Waals surface area contributed by atoms with Crippen LogP contribution in [0.5, 0.6) is 0 Å². The third-order valence-electron chi connectivity index (χ3n) is 6.62. The number of carbonyl (C=O) groups excluding carboxylic acids is 2. The fraction of sp³-hybridized carbons (Fsp3) is 0.355. The van der Waals surface area contributed by atoms with Crippen LogP contribution in [-0.2, 0) is 26.0 Å². The zero-order valence-corrected chi connectivity index (χ0v) is 25.3. The molecule has 0 aliphatic carbocycles. The molecule has 1 N–H and O–H groups in total. The summed E-state index contributed by atoms with van der Waals surface area (Å²) in [4.78, 5) is 28.8. The summed E-state index contributed by atoms with van der Waals surface area (Å²) in [6.45, 7) is 8.97. The summed E-state index contributed by atoms with van der Waals surface area (Å²) in [7, 11) is -4.13. The molecular formula is C31H38ClN3O4S. The Labute approximate surface area is 243 Å². The molecule has 0 bridgehead atoms. The second kappa shape index (κ2) is 13.8. The molecule has 40 heavy (non-hydrogen) atoms. The highest BCUT2D eigenvalue weighted by Gasteiger charge is 2.34. The highest BCUT2D eigenvalue weighted by Crippen LogP contribution is 2.29. The number of benzene rings is 3. The summed E-state index contributed by atoms with van der Waals surface area (Å²) in [5, 5.41) is 3.37. The van der Waals surface area contributed by atoms with Gasteiger partial charge in [-0.2, -0.15) is 0 Å². The van der Waals surface area contributed by atoms with Gasteiger partial charge in [0.25, 0.3) is 10.0 Å². The van der Waals surface area contributed by atoms with Gasteiger partial charge in [0.05, 0.1) is 10.6 Å². The average molecular weight is 584 g/mol. The summed E-state index contributed by atoms with van der Waals surface area (Å²) in [5.41, 5.74) is 2.88. The first-order valence-electron chi connectivity index (χ1n) is 13.4. The van der Waals surface area contributed by atoms with E-state index in [4.69, 9.17) is 11.6 Å². The lowest BCUT2D eigenvalue weighted by Gasteiger charge is -2.34. The maximum absolute atomic E-state index is 14.1. The summed E-state index contributed by atoms with van der Waals surface area (Å²) in [5.74, 6) is -0.735. The van der Waals surface area contributed by atoms with Crippen LogP contribution in [0.1, 0.15) is 43.9 Å². The smallest absolute Gasteiger partial charge is 0.264 e. The first-order chi connectivity index (χ1) is 18.9. The maximum atomic E-state index is 14.1. The minimum atomic E-state index is -4.13. The zero-order chi connectivity index (χ0) is 29.4. The van der Waals surface area contributed by atoms with E-state index in [1.54, 1.807) is 37.3 Å². The highest BCUT2D eigenvalue weighted by atomic mass is 35.5. The predicted molar refractivity (Wildman–Crippen MR) is 161 cm³/mol. The molecule has 3 rings (SSSR count). The Kier molecular flexibility index (Phi) is 10.8. The van der Waals surface area contributed by atoms with Crippen molar-refractivity contribution in [2.45, 2.75) is 64.4 Å². The van der Waals surface area contributed by atoms with Gasteiger partial charge in [0, 0.05) is 17.6 Å². The van der Waals surface area contributed by atoms with Crippen LogP contribution in [0.3, 0.4) is 0 Å². The predicted octanol–water partition coefficient (Wildman–Crippen LogP) is 5.53. The summed E-state index contributed by atoms with van der Waals surface area (Å²) in [6, 6.07) is 20.2. The molecule has 0 heterocycles. The summed E-state index contributed by atoms with van der Waals surface area (Å²) in [6.07, 6.45) is 0.895. The molecule has 2 amide bonds. The fourth-order valence-corrected chi connectivity index (χ4v) is 6.23. The summed E-state index contributed by atoms with van der Waals surface area (Å²) >= 11 is 6.18. The van der Waals surface area contributed by atoms with Crippen molar-refractivity contribution in [2.75, 3.05) is 17.4 Å². The molecule has 0 radical (unpaired) electrons. The Morgan fingerprint density at radius 3 is 2.17 bits per heavy atom. The molecule has 0 saturated heterocycles. The van der Waals surface area contributed by atoms with E-state index < -0.39 is 28.5 Å². The fourth-order valence-electron chi connectivity index (χ4n) is 4.53. The number of nitrogens with one attached hydrogen (secondary N) is 1. The molecule has 9 heteroatoms. The molecule has 0 aliphatic rings. The number of anilines is 1. The number of nitrogens with zero attached hydrogens (tertiary/aromatic N) is 2. The molecule has 0 aromatic heterocycles. The first-order valence-corrected chi connectivity index (χ1v) is 15.2. The van der Waals surface area contributed by atoms with Crippen molar-refractivity contribution in [3.63, 3.8) is 0 Å². The molecule has 0 saturated carbocycles. The molecule has 7 nitrogen and oxygen atoms in total. The largest absolute Gasteiger partial charge is 0.352 e. The third-order valence-corrected chi connectivity index (χ3v) is 8.63. The van der Waals surface area contributed by atoms with Crippen LogP contribution in [0.4, 0.5) is 5.69 Å². The quantitative estimate of drug-likeness (QED) is 0.304. The van der Waals surface area contributed by atoms with Crippen LogP contribution in [0.25, 0.3) is 0 Å². The van der Waals surface area contributed by atoms with E-state index in [9.17, 15) is 18.0 Å². The van der Waals surface area contributed by atoms with Crippen LogP contribution in [0.2, 0.25) is 5.02 Å². The van der Waals surface area contributed by atoms with Crippen molar-refractivity contribution in [3.05, 3.63) is 94.5 Å². The molecular weight excluding hydrogens is 546 g/mol. The van der Waals surface area contributed by atoms with Crippen molar-refractivity contribution in [3.8, 4) is 0 Å². The number of hydrogen-bond acceptors (Lipinski definition) is 4. The van der Waals surface area contributed by atoms with Gasteiger partial charge in [-0.05, 0) is 82.0 Å². The van der Waals surface area contributed by atoms with Crippen LogP contribution >= 0.6 is 11.6 Å². The lowest BCUT2D eigenvalue weighted by atomic mass is 10.1. The van der Waals surface area contributed by atoms with Crippen molar-refractivity contribution in [2.24, 2.45) is 0 Å². The van der Waals surface area contributed by atoms with E-state index in [1.807, 2.05) is 58.0 Å². The second-order valence-corrected chi connectivity index (χ2v) is 12.5. The number of aryl methyl sites for hydroxylation is 2. The number of halogens is 1. The van der Waals surface area contributed by atoms with Crippen molar-refractivity contribution >= 4 is 39.1 Å². The molecule has 3 aromatic carbocycles. The normalized spacial score (nSPS) is 12.2. The van der Waals surface area contributed by atoms with Gasteiger partial charge in [-0.25, -0.2) is 8.42 Å². The molecule has 0 unspecified atom stereocenters. The maximum Gasteiger partial charge on any atom is 0.264 e. The van der Waals surface area contributed by atoms with Gasteiger partial charge in [-0.1, -0.05) is 66.6 Å². The number of carbonyl (C=O) groups is 2. The Morgan fingerprint density at radius 2 is 1.60 bits per heavy atom. The van der Waals surface area contributed by atoms with Crippen LogP contribution in [0.15, 0.2) is 77.7 Å². The molecule has 0 spiro atoms. The van der Waals surface area contributed by atoms with E-state index in [0.29, 0.717) is 29.1 Å².